The van der Waals surface area contributed by atoms with E-state index in [1.807, 2.05) is 6.92 Å². The van der Waals surface area contributed by atoms with E-state index in [4.69, 9.17) is 9.15 Å². The summed E-state index contributed by atoms with van der Waals surface area (Å²) in [6.07, 6.45) is 6.88. The van der Waals surface area contributed by atoms with E-state index in [1.54, 1.807) is 25.4 Å². The van der Waals surface area contributed by atoms with Crippen LogP contribution < -0.4 is 5.32 Å². The van der Waals surface area contributed by atoms with Gasteiger partial charge >= 0.3 is 0 Å². The summed E-state index contributed by atoms with van der Waals surface area (Å²) in [5.74, 6) is -0.0545. The number of aldehydes is 1. The van der Waals surface area contributed by atoms with Gasteiger partial charge in [-0.1, -0.05) is 6.42 Å². The van der Waals surface area contributed by atoms with E-state index in [1.165, 1.54) is 0 Å². The summed E-state index contributed by atoms with van der Waals surface area (Å²) < 4.78 is 10.9. The molecule has 7 nitrogen and oxygen atoms in total. The van der Waals surface area contributed by atoms with E-state index in [0.29, 0.717) is 29.1 Å². The number of hydrogen-bond donors (Lipinski definition) is 1. The lowest BCUT2D eigenvalue weighted by molar-refractivity contribution is -0.120. The largest absolute Gasteiger partial charge is 0.449 e. The summed E-state index contributed by atoms with van der Waals surface area (Å²) in [4.78, 5) is 30.7. The molecule has 0 radical (unpaired) electrons. The van der Waals surface area contributed by atoms with E-state index in [0.717, 1.165) is 32.1 Å². The third-order valence-corrected chi connectivity index (χ3v) is 5.63. The number of carbonyl (C=O) groups is 2. The molecule has 7 heteroatoms. The zero-order chi connectivity index (χ0) is 19.4. The zero-order valence-corrected chi connectivity index (χ0v) is 16.1. The Balaban J connectivity index is 1.69. The molecule has 0 bridgehead atoms. The molecule has 1 fully saturated rings. The maximum absolute atomic E-state index is 12.9. The Bertz CT molecular complexity index is 804. The van der Waals surface area contributed by atoms with Gasteiger partial charge in [0.1, 0.15) is 17.4 Å². The Morgan fingerprint density at radius 3 is 2.96 bits per heavy atom. The second-order valence-corrected chi connectivity index (χ2v) is 7.16. The molecule has 0 aromatic carbocycles. The van der Waals surface area contributed by atoms with Crippen LogP contribution in [0.3, 0.4) is 0 Å². The highest BCUT2D eigenvalue weighted by atomic mass is 16.5. The summed E-state index contributed by atoms with van der Waals surface area (Å²) in [6, 6.07) is 3.86. The van der Waals surface area contributed by atoms with Crippen molar-refractivity contribution in [2.75, 3.05) is 19.5 Å². The maximum Gasteiger partial charge on any atom is 0.227 e. The van der Waals surface area contributed by atoms with Crippen molar-refractivity contribution < 1.29 is 18.7 Å². The lowest BCUT2D eigenvalue weighted by Crippen LogP contribution is -2.39. The van der Waals surface area contributed by atoms with Gasteiger partial charge in [-0.2, -0.15) is 0 Å². The van der Waals surface area contributed by atoms with Gasteiger partial charge in [-0.05, 0) is 51.8 Å². The van der Waals surface area contributed by atoms with E-state index in [2.05, 4.69) is 22.2 Å². The number of fused-ring (bicyclic) bond motifs is 1. The molecule has 2 aromatic rings. The van der Waals surface area contributed by atoms with Crippen molar-refractivity contribution in [3.05, 3.63) is 24.1 Å². The van der Waals surface area contributed by atoms with Crippen LogP contribution in [0.1, 0.15) is 49.6 Å². The van der Waals surface area contributed by atoms with Crippen LogP contribution in [0, 0.1) is 5.92 Å². The van der Waals surface area contributed by atoms with Crippen LogP contribution >= 0.6 is 0 Å². The zero-order valence-electron chi connectivity index (χ0n) is 16.1. The molecule has 0 spiro atoms. The predicted octanol–water partition coefficient (Wildman–Crippen LogP) is 3.45. The van der Waals surface area contributed by atoms with Gasteiger partial charge < -0.3 is 14.5 Å². The van der Waals surface area contributed by atoms with Crippen LogP contribution in [0.4, 0.5) is 5.69 Å². The molecule has 0 saturated heterocycles. The van der Waals surface area contributed by atoms with E-state index in [-0.39, 0.29) is 23.8 Å². The van der Waals surface area contributed by atoms with Crippen molar-refractivity contribution in [3.63, 3.8) is 0 Å². The van der Waals surface area contributed by atoms with Gasteiger partial charge in [-0.25, -0.2) is 0 Å². The molecule has 2 heterocycles. The first-order valence-electron chi connectivity index (χ1n) is 9.43. The number of pyridine rings is 1. The summed E-state index contributed by atoms with van der Waals surface area (Å²) in [5, 5.41) is 2.90. The summed E-state index contributed by atoms with van der Waals surface area (Å²) in [7, 11) is 3.78. The third-order valence-electron chi connectivity index (χ3n) is 5.63. The molecule has 27 heavy (non-hydrogen) atoms. The highest BCUT2D eigenvalue weighted by Gasteiger charge is 2.28. The Hall–Kier alpha value is -2.25. The van der Waals surface area contributed by atoms with Crippen molar-refractivity contribution in [1.29, 1.82) is 0 Å². The molecular weight excluding hydrogens is 346 g/mol. The molecule has 2 unspecified atom stereocenters. The van der Waals surface area contributed by atoms with Gasteiger partial charge in [-0.3, -0.25) is 19.5 Å². The van der Waals surface area contributed by atoms with Crippen molar-refractivity contribution in [2.45, 2.75) is 51.3 Å². The van der Waals surface area contributed by atoms with Crippen LogP contribution in [0.15, 0.2) is 22.7 Å². The number of furan rings is 1. The number of amides is 1. The lowest BCUT2D eigenvalue weighted by atomic mass is 9.99. The number of carbonyl (C=O) groups excluding carboxylic acids is 2. The number of anilines is 1. The van der Waals surface area contributed by atoms with Crippen LogP contribution in [0.25, 0.3) is 11.1 Å². The minimum Gasteiger partial charge on any atom is -0.449 e. The fourth-order valence-corrected chi connectivity index (χ4v) is 3.79. The van der Waals surface area contributed by atoms with Crippen molar-refractivity contribution in [1.82, 2.24) is 9.88 Å². The van der Waals surface area contributed by atoms with Crippen molar-refractivity contribution >= 4 is 29.0 Å². The number of aromatic nitrogens is 1. The molecule has 2 aromatic heterocycles. The number of ether oxygens (including phenoxy) is 1. The Labute approximate surface area is 159 Å². The van der Waals surface area contributed by atoms with Gasteiger partial charge in [0.2, 0.25) is 5.91 Å². The molecule has 1 amide bonds. The average molecular weight is 373 g/mol. The molecule has 146 valence electrons. The summed E-state index contributed by atoms with van der Waals surface area (Å²) >= 11 is 0. The number of nitrogens with zero attached hydrogens (tertiary/aromatic N) is 2. The molecule has 1 aliphatic carbocycles. The van der Waals surface area contributed by atoms with E-state index >= 15 is 0 Å². The summed E-state index contributed by atoms with van der Waals surface area (Å²) in [6.45, 7) is 2.03. The number of methoxy groups -OCH3 is 1. The first kappa shape index (κ1) is 19.5. The molecule has 1 N–H and O–H groups in total. The molecule has 1 aliphatic rings. The molecule has 0 aliphatic heterocycles. The van der Waals surface area contributed by atoms with Gasteiger partial charge in [-0.15, -0.1) is 0 Å². The van der Waals surface area contributed by atoms with Gasteiger partial charge in [0.15, 0.2) is 17.6 Å². The maximum atomic E-state index is 12.9. The first-order chi connectivity index (χ1) is 13.0. The average Bonchev–Trinajstić information content (AvgIpc) is 2.87. The topological polar surface area (TPSA) is 84.7 Å². The normalized spacial score (nSPS) is 21.8. The minimum absolute atomic E-state index is 0.0545. The minimum atomic E-state index is -0.0885. The highest BCUT2D eigenvalue weighted by Crippen LogP contribution is 2.31. The summed E-state index contributed by atoms with van der Waals surface area (Å²) in [5.41, 5.74) is 1.37. The fraction of sp³-hybridized carbons (Fsp3) is 0.550. The quantitative estimate of drug-likeness (QED) is 0.474. The second kappa shape index (κ2) is 8.63. The Morgan fingerprint density at radius 1 is 1.41 bits per heavy atom. The fourth-order valence-electron chi connectivity index (χ4n) is 3.79. The second-order valence-electron chi connectivity index (χ2n) is 7.16. The van der Waals surface area contributed by atoms with Crippen LogP contribution in [-0.4, -0.2) is 48.5 Å². The molecular formula is C20H27N3O4. The highest BCUT2D eigenvalue weighted by molar-refractivity contribution is 6.05. The third kappa shape index (κ3) is 4.20. The predicted molar refractivity (Wildman–Crippen MR) is 103 cm³/mol. The number of rotatable bonds is 6. The Morgan fingerprint density at radius 2 is 2.22 bits per heavy atom. The smallest absolute Gasteiger partial charge is 0.227 e. The van der Waals surface area contributed by atoms with Crippen molar-refractivity contribution in [2.24, 2.45) is 5.92 Å². The lowest BCUT2D eigenvalue weighted by Gasteiger charge is -2.31. The standard InChI is InChI=1S/C20H27N3O4/c1-13(26-3)23(2)15-7-4-6-14(9-10-15)20(25)22-19-17(12-24)27-16-8-5-11-21-18(16)19/h5,8,11-15H,4,6-7,9-10H2,1-3H3,(H,22,25)/t13?,14-,15?/m1/s1. The monoisotopic (exact) mass is 373 g/mol. The number of hydrogen-bond acceptors (Lipinski definition) is 6. The Kier molecular flexibility index (Phi) is 6.23. The first-order valence-corrected chi connectivity index (χ1v) is 9.43. The molecule has 1 saturated carbocycles. The SMILES string of the molecule is COC(C)N(C)C1CCC[C@@H](C(=O)Nc2c(C=O)oc3cccnc23)CC1. The van der Waals surface area contributed by atoms with Gasteiger partial charge in [0.05, 0.1) is 0 Å². The van der Waals surface area contributed by atoms with Crippen LogP contribution in [0.5, 0.6) is 0 Å². The van der Waals surface area contributed by atoms with E-state index < -0.39 is 0 Å². The van der Waals surface area contributed by atoms with Crippen molar-refractivity contribution in [3.8, 4) is 0 Å². The number of nitrogens with one attached hydrogen (secondary N) is 1. The molecule has 3 atom stereocenters. The van der Waals surface area contributed by atoms with Crippen LogP contribution in [0.2, 0.25) is 0 Å². The van der Waals surface area contributed by atoms with E-state index in [9.17, 15) is 9.59 Å². The van der Waals surface area contributed by atoms with Gasteiger partial charge in [0.25, 0.3) is 0 Å². The molecule has 3 rings (SSSR count). The van der Waals surface area contributed by atoms with Crippen LogP contribution in [-0.2, 0) is 9.53 Å². The van der Waals surface area contributed by atoms with Gasteiger partial charge in [0, 0.05) is 25.3 Å².